The van der Waals surface area contributed by atoms with Gasteiger partial charge in [-0.05, 0) is 0 Å². The van der Waals surface area contributed by atoms with Crippen LogP contribution in [0.4, 0.5) is 0 Å². The van der Waals surface area contributed by atoms with Crippen LogP contribution in [0.15, 0.2) is 5.16 Å². The van der Waals surface area contributed by atoms with Gasteiger partial charge in [0.25, 0.3) is 0 Å². The molecular weight excluding hydrogens is 186 g/mol. The fraction of sp³-hybridized carbons (Fsp3) is 0.571. The molecule has 0 amide bonds. The quantitative estimate of drug-likeness (QED) is 0.198. The van der Waals surface area contributed by atoms with Gasteiger partial charge in [0.05, 0.1) is 13.2 Å². The molecular formula is C7H13N5O2. The zero-order chi connectivity index (χ0) is 10.6. The lowest BCUT2D eigenvalue weighted by Gasteiger charge is -2.28. The molecule has 1 rings (SSSR count). The maximum atomic E-state index is 8.57. The van der Waals surface area contributed by atoms with E-state index in [0.717, 1.165) is 0 Å². The number of nitrogens with two attached hydrogens (primary N) is 1. The van der Waals surface area contributed by atoms with E-state index in [0.29, 0.717) is 26.3 Å². The van der Waals surface area contributed by atoms with E-state index in [1.807, 2.05) is 0 Å². The maximum absolute atomic E-state index is 8.57. The van der Waals surface area contributed by atoms with Gasteiger partial charge in [-0.1, -0.05) is 5.16 Å². The van der Waals surface area contributed by atoms with Gasteiger partial charge in [-0.2, -0.15) is 0 Å². The molecule has 1 fully saturated rings. The van der Waals surface area contributed by atoms with Crippen LogP contribution in [0.5, 0.6) is 0 Å². The molecule has 1 heterocycles. The first-order valence-corrected chi connectivity index (χ1v) is 4.15. The van der Waals surface area contributed by atoms with Crippen molar-refractivity contribution in [1.29, 1.82) is 10.8 Å². The van der Waals surface area contributed by atoms with Crippen molar-refractivity contribution in [2.45, 2.75) is 0 Å². The molecule has 0 saturated carbocycles. The van der Waals surface area contributed by atoms with Crippen molar-refractivity contribution < 1.29 is 9.94 Å². The Labute approximate surface area is 81.2 Å². The van der Waals surface area contributed by atoms with E-state index < -0.39 is 5.84 Å². The lowest BCUT2D eigenvalue weighted by Crippen LogP contribution is -2.46. The zero-order valence-electron chi connectivity index (χ0n) is 7.66. The smallest absolute Gasteiger partial charge is 0.185 e. The Morgan fingerprint density at radius 3 is 2.36 bits per heavy atom. The SMILES string of the molecule is N=C(N)/C(=N/O)C(=N)N1CCOCC1. The number of nitrogens with zero attached hydrogens (tertiary/aromatic N) is 2. The van der Waals surface area contributed by atoms with Gasteiger partial charge in [-0.15, -0.1) is 0 Å². The Kier molecular flexibility index (Phi) is 3.41. The minimum absolute atomic E-state index is 0.0386. The highest BCUT2D eigenvalue weighted by molar-refractivity contribution is 6.66. The Morgan fingerprint density at radius 1 is 1.36 bits per heavy atom. The van der Waals surface area contributed by atoms with Crippen molar-refractivity contribution in [2.75, 3.05) is 26.3 Å². The van der Waals surface area contributed by atoms with Crippen LogP contribution < -0.4 is 5.73 Å². The number of hydrogen-bond donors (Lipinski definition) is 4. The summed E-state index contributed by atoms with van der Waals surface area (Å²) < 4.78 is 5.10. The summed E-state index contributed by atoms with van der Waals surface area (Å²) in [5.74, 6) is -0.452. The first-order valence-electron chi connectivity index (χ1n) is 4.15. The number of rotatable bonds is 2. The van der Waals surface area contributed by atoms with Crippen LogP contribution in [-0.4, -0.2) is 53.8 Å². The molecule has 7 heteroatoms. The van der Waals surface area contributed by atoms with E-state index in [9.17, 15) is 0 Å². The molecule has 0 aromatic heterocycles. The summed E-state index contributed by atoms with van der Waals surface area (Å²) in [5, 5.41) is 26.1. The monoisotopic (exact) mass is 199 g/mol. The van der Waals surface area contributed by atoms with Gasteiger partial charge >= 0.3 is 0 Å². The number of hydrogen-bond acceptors (Lipinski definition) is 5. The van der Waals surface area contributed by atoms with Crippen LogP contribution in [-0.2, 0) is 4.74 Å². The van der Waals surface area contributed by atoms with Gasteiger partial charge in [0, 0.05) is 13.1 Å². The number of oxime groups is 1. The van der Waals surface area contributed by atoms with Crippen molar-refractivity contribution in [3.63, 3.8) is 0 Å². The highest BCUT2D eigenvalue weighted by Gasteiger charge is 2.20. The van der Waals surface area contributed by atoms with E-state index in [4.69, 9.17) is 26.5 Å². The van der Waals surface area contributed by atoms with Crippen molar-refractivity contribution in [3.05, 3.63) is 0 Å². The molecule has 0 atom stereocenters. The molecule has 1 aliphatic rings. The van der Waals surface area contributed by atoms with E-state index in [1.54, 1.807) is 4.90 Å². The van der Waals surface area contributed by atoms with Gasteiger partial charge in [-0.25, -0.2) is 0 Å². The number of morpholine rings is 1. The minimum Gasteiger partial charge on any atom is -0.410 e. The highest BCUT2D eigenvalue weighted by Crippen LogP contribution is 1.99. The summed E-state index contributed by atoms with van der Waals surface area (Å²) in [5.41, 5.74) is 4.95. The van der Waals surface area contributed by atoms with E-state index in [2.05, 4.69) is 5.16 Å². The summed E-state index contributed by atoms with van der Waals surface area (Å²) in [6, 6.07) is 0. The molecule has 1 aliphatic heterocycles. The second-order valence-corrected chi connectivity index (χ2v) is 2.81. The molecule has 14 heavy (non-hydrogen) atoms. The predicted octanol–water partition coefficient (Wildman–Crippen LogP) is -0.938. The molecule has 7 nitrogen and oxygen atoms in total. The maximum Gasteiger partial charge on any atom is 0.185 e. The van der Waals surface area contributed by atoms with Crippen molar-refractivity contribution in [3.8, 4) is 0 Å². The summed E-state index contributed by atoms with van der Waals surface area (Å²) >= 11 is 0. The molecule has 0 spiro atoms. The number of amidine groups is 2. The van der Waals surface area contributed by atoms with Crippen LogP contribution in [0.25, 0.3) is 0 Å². The first kappa shape index (κ1) is 10.5. The van der Waals surface area contributed by atoms with Crippen molar-refractivity contribution in [2.24, 2.45) is 10.9 Å². The van der Waals surface area contributed by atoms with Crippen molar-refractivity contribution in [1.82, 2.24) is 4.90 Å². The standard InChI is InChI=1S/C7H13N5O2/c8-6(9)5(11-13)7(10)12-1-3-14-4-2-12/h10,13H,1-4H2,(H3,8,9)/b10-7?,11-5-. The third-order valence-electron chi connectivity index (χ3n) is 1.91. The molecule has 5 N–H and O–H groups in total. The first-order chi connectivity index (χ1) is 6.66. The van der Waals surface area contributed by atoms with Crippen LogP contribution in [0, 0.1) is 10.8 Å². The van der Waals surface area contributed by atoms with Crippen LogP contribution in [0.2, 0.25) is 0 Å². The van der Waals surface area contributed by atoms with Gasteiger partial charge in [-0.3, -0.25) is 10.8 Å². The fourth-order valence-corrected chi connectivity index (χ4v) is 1.17. The summed E-state index contributed by atoms with van der Waals surface area (Å²) in [7, 11) is 0. The minimum atomic E-state index is -0.413. The van der Waals surface area contributed by atoms with Crippen molar-refractivity contribution >= 4 is 17.4 Å². The van der Waals surface area contributed by atoms with Crippen LogP contribution in [0.3, 0.4) is 0 Å². The molecule has 1 saturated heterocycles. The predicted molar refractivity (Wildman–Crippen MR) is 51.3 cm³/mol. The van der Waals surface area contributed by atoms with Gasteiger partial charge in [0.2, 0.25) is 0 Å². The summed E-state index contributed by atoms with van der Waals surface area (Å²) in [6.07, 6.45) is 0. The molecule has 0 aromatic rings. The van der Waals surface area contributed by atoms with E-state index in [-0.39, 0.29) is 11.5 Å². The Bertz CT molecular complexity index is 269. The normalized spacial score (nSPS) is 18.0. The van der Waals surface area contributed by atoms with Gasteiger partial charge < -0.3 is 20.6 Å². The Balaban J connectivity index is 2.67. The van der Waals surface area contributed by atoms with Gasteiger partial charge in [0.15, 0.2) is 11.5 Å². The van der Waals surface area contributed by atoms with E-state index >= 15 is 0 Å². The Morgan fingerprint density at radius 2 is 1.93 bits per heavy atom. The van der Waals surface area contributed by atoms with Crippen LogP contribution >= 0.6 is 0 Å². The molecule has 0 aromatic carbocycles. The number of ether oxygens (including phenoxy) is 1. The van der Waals surface area contributed by atoms with E-state index in [1.165, 1.54) is 0 Å². The second kappa shape index (κ2) is 4.56. The lowest BCUT2D eigenvalue weighted by atomic mass is 10.2. The lowest BCUT2D eigenvalue weighted by molar-refractivity contribution is 0.0685. The largest absolute Gasteiger partial charge is 0.410 e. The summed E-state index contributed by atoms with van der Waals surface area (Å²) in [6.45, 7) is 2.15. The summed E-state index contributed by atoms with van der Waals surface area (Å²) in [4.78, 5) is 1.65. The molecule has 0 unspecified atom stereocenters. The highest BCUT2D eigenvalue weighted by atomic mass is 16.5. The average molecular weight is 199 g/mol. The molecule has 78 valence electrons. The topological polar surface area (TPSA) is 119 Å². The molecule has 0 aliphatic carbocycles. The third kappa shape index (κ3) is 2.19. The second-order valence-electron chi connectivity index (χ2n) is 2.81. The number of nitrogens with one attached hydrogen (secondary N) is 2. The fourth-order valence-electron chi connectivity index (χ4n) is 1.17. The molecule has 0 bridgehead atoms. The van der Waals surface area contributed by atoms with Crippen LogP contribution in [0.1, 0.15) is 0 Å². The van der Waals surface area contributed by atoms with Gasteiger partial charge in [0.1, 0.15) is 5.84 Å². The third-order valence-corrected chi connectivity index (χ3v) is 1.91. The zero-order valence-corrected chi connectivity index (χ0v) is 7.66. The average Bonchev–Trinajstić information content (AvgIpc) is 2.19. The molecule has 0 radical (unpaired) electrons. The Hall–Kier alpha value is -1.63.